The maximum Gasteiger partial charge on any atom is 0.282 e. The third-order valence-corrected chi connectivity index (χ3v) is 8.14. The number of hydrogen-bond donors (Lipinski definition) is 0. The highest BCUT2D eigenvalue weighted by Crippen LogP contribution is 2.45. The van der Waals surface area contributed by atoms with Crippen molar-refractivity contribution in [2.24, 2.45) is 0 Å². The van der Waals surface area contributed by atoms with Gasteiger partial charge in [-0.2, -0.15) is 5.01 Å². The lowest BCUT2D eigenvalue weighted by molar-refractivity contribution is -0.00679. The minimum atomic E-state index is -1.40. The van der Waals surface area contributed by atoms with Crippen molar-refractivity contribution in [3.05, 3.63) is 94.9 Å². The number of amides is 3. The molecule has 3 aromatic rings. The van der Waals surface area contributed by atoms with E-state index in [9.17, 15) is 19.2 Å². The number of Topliss-reactive ketones (excluding diaryl/α,β-unsaturated/α-hetero) is 1. The smallest absolute Gasteiger partial charge is 0.282 e. The van der Waals surface area contributed by atoms with Gasteiger partial charge in [-0.1, -0.05) is 69.6 Å². The van der Waals surface area contributed by atoms with E-state index < -0.39 is 29.5 Å². The molecule has 3 amide bonds. The van der Waals surface area contributed by atoms with Gasteiger partial charge in [0.05, 0.1) is 48.9 Å². The number of halogens is 6. The number of methoxy groups -OCH3 is 1. The van der Waals surface area contributed by atoms with Crippen LogP contribution in [-0.2, 0) is 0 Å². The Morgan fingerprint density at radius 1 is 0.816 bits per heavy atom. The van der Waals surface area contributed by atoms with Crippen molar-refractivity contribution < 1.29 is 23.9 Å². The average Bonchev–Trinajstić information content (AvgIpc) is 3.15. The first-order chi connectivity index (χ1) is 17.9. The van der Waals surface area contributed by atoms with Gasteiger partial charge >= 0.3 is 0 Å². The normalized spacial score (nSPS) is 13.4. The zero-order valence-electron chi connectivity index (χ0n) is 19.3. The number of hydrogen-bond acceptors (Lipinski definition) is 5. The molecular formula is C25H14Cl6N2O5. The molecule has 38 heavy (non-hydrogen) atoms. The van der Waals surface area contributed by atoms with Gasteiger partial charge in [0.1, 0.15) is 11.8 Å². The lowest BCUT2D eigenvalue weighted by Gasteiger charge is -2.34. The molecule has 4 rings (SSSR count). The number of rotatable bonds is 6. The summed E-state index contributed by atoms with van der Waals surface area (Å²) < 4.78 is 5.12. The monoisotopic (exact) mass is 632 g/mol. The van der Waals surface area contributed by atoms with Crippen LogP contribution in [0.25, 0.3) is 0 Å². The van der Waals surface area contributed by atoms with Crippen molar-refractivity contribution in [3.8, 4) is 5.75 Å². The van der Waals surface area contributed by atoms with Crippen molar-refractivity contribution in [2.75, 3.05) is 7.11 Å². The molecule has 0 aromatic heterocycles. The van der Waals surface area contributed by atoms with Gasteiger partial charge < -0.3 is 4.74 Å². The topological polar surface area (TPSA) is 84.0 Å². The molecule has 7 nitrogen and oxygen atoms in total. The zero-order chi connectivity index (χ0) is 28.0. The van der Waals surface area contributed by atoms with Crippen LogP contribution >= 0.6 is 69.6 Å². The fourth-order valence-corrected chi connectivity index (χ4v) is 5.37. The van der Waals surface area contributed by atoms with E-state index in [0.717, 1.165) is 0 Å². The molecule has 1 aliphatic heterocycles. The van der Waals surface area contributed by atoms with Crippen molar-refractivity contribution in [2.45, 2.75) is 13.0 Å². The van der Waals surface area contributed by atoms with Crippen LogP contribution in [0, 0.1) is 0 Å². The maximum absolute atomic E-state index is 13.8. The van der Waals surface area contributed by atoms with E-state index in [1.54, 1.807) is 12.1 Å². The molecule has 0 N–H and O–H groups in total. The van der Waals surface area contributed by atoms with Crippen molar-refractivity contribution in [1.29, 1.82) is 0 Å². The summed E-state index contributed by atoms with van der Waals surface area (Å²) in [5.74, 6) is -3.13. The summed E-state index contributed by atoms with van der Waals surface area (Å²) in [5, 5.41) is 0.183. The summed E-state index contributed by atoms with van der Waals surface area (Å²) in [6.45, 7) is 1.35. The van der Waals surface area contributed by atoms with Crippen LogP contribution < -0.4 is 4.74 Å². The van der Waals surface area contributed by atoms with Gasteiger partial charge in [0.15, 0.2) is 5.78 Å². The Morgan fingerprint density at radius 2 is 1.34 bits per heavy atom. The first-order valence-electron chi connectivity index (χ1n) is 10.6. The van der Waals surface area contributed by atoms with E-state index in [4.69, 9.17) is 74.3 Å². The predicted octanol–water partition coefficient (Wildman–Crippen LogP) is 7.54. The van der Waals surface area contributed by atoms with E-state index in [2.05, 4.69) is 0 Å². The molecule has 0 saturated heterocycles. The first kappa shape index (κ1) is 28.5. The molecule has 0 bridgehead atoms. The quantitative estimate of drug-likeness (QED) is 0.121. The summed E-state index contributed by atoms with van der Waals surface area (Å²) in [6.07, 6.45) is 0. The van der Waals surface area contributed by atoms with E-state index in [0.29, 0.717) is 15.8 Å². The summed E-state index contributed by atoms with van der Waals surface area (Å²) in [5.41, 5.74) is -0.673. The van der Waals surface area contributed by atoms with E-state index in [1.165, 1.54) is 44.4 Å². The third kappa shape index (κ3) is 4.72. The number of imide groups is 1. The third-order valence-electron chi connectivity index (χ3n) is 5.79. The molecule has 196 valence electrons. The predicted molar refractivity (Wildman–Crippen MR) is 146 cm³/mol. The van der Waals surface area contributed by atoms with Gasteiger partial charge in [-0.05, 0) is 49.4 Å². The van der Waals surface area contributed by atoms with Gasteiger partial charge in [0, 0.05) is 10.6 Å². The molecule has 3 aromatic carbocycles. The Balaban J connectivity index is 1.87. The maximum atomic E-state index is 13.8. The van der Waals surface area contributed by atoms with Crippen LogP contribution in [0.4, 0.5) is 0 Å². The van der Waals surface area contributed by atoms with Crippen molar-refractivity contribution in [3.63, 3.8) is 0 Å². The number of hydrazine groups is 1. The molecule has 1 heterocycles. The number of ether oxygens (including phenoxy) is 1. The van der Waals surface area contributed by atoms with Crippen LogP contribution in [0.2, 0.25) is 30.1 Å². The van der Waals surface area contributed by atoms with E-state index in [-0.39, 0.29) is 52.4 Å². The molecule has 0 unspecified atom stereocenters. The van der Waals surface area contributed by atoms with Gasteiger partial charge in [-0.15, -0.1) is 0 Å². The van der Waals surface area contributed by atoms with Crippen LogP contribution in [0.5, 0.6) is 5.75 Å². The number of ketones is 1. The van der Waals surface area contributed by atoms with Gasteiger partial charge in [0.2, 0.25) is 0 Å². The molecule has 0 fully saturated rings. The first-order valence-corrected chi connectivity index (χ1v) is 12.9. The second-order valence-corrected chi connectivity index (χ2v) is 10.3. The molecular weight excluding hydrogens is 621 g/mol. The molecule has 1 atom stereocenters. The van der Waals surface area contributed by atoms with Crippen LogP contribution in [0.1, 0.15) is 48.4 Å². The molecule has 0 radical (unpaired) electrons. The standard InChI is InChI=1S/C25H14Cl6N2O5/c1-10(22(34)11-3-6-13(38-2)7-4-11)32(23(35)14-8-5-12(26)9-15(14)27)33-24(36)16-17(25(33)37)19(29)21(31)20(30)18(16)28/h3-10H,1-2H3/t10-/m1/s1. The molecule has 0 aliphatic carbocycles. The Kier molecular flexibility index (Phi) is 8.19. The molecule has 0 saturated carbocycles. The summed E-state index contributed by atoms with van der Waals surface area (Å²) in [7, 11) is 1.47. The molecule has 13 heteroatoms. The number of nitrogens with zero attached hydrogens (tertiary/aromatic N) is 2. The van der Waals surface area contributed by atoms with Gasteiger partial charge in [-0.3, -0.25) is 19.2 Å². The number of carbonyl (C=O) groups excluding carboxylic acids is 4. The largest absolute Gasteiger partial charge is 0.497 e. The number of benzene rings is 3. The van der Waals surface area contributed by atoms with Crippen LogP contribution in [-0.4, -0.2) is 46.7 Å². The Hall–Kier alpha value is -2.52. The average molecular weight is 635 g/mol. The van der Waals surface area contributed by atoms with Crippen molar-refractivity contribution >= 4 is 93.1 Å². The van der Waals surface area contributed by atoms with Gasteiger partial charge in [-0.25, -0.2) is 5.01 Å². The lowest BCUT2D eigenvalue weighted by atomic mass is 10.0. The highest BCUT2D eigenvalue weighted by molar-refractivity contribution is 6.55. The molecule has 0 spiro atoms. The Bertz CT molecular complexity index is 1480. The summed E-state index contributed by atoms with van der Waals surface area (Å²) in [4.78, 5) is 54.5. The fourth-order valence-electron chi connectivity index (χ4n) is 3.87. The SMILES string of the molecule is COc1ccc(C(=O)[C@@H](C)N(C(=O)c2ccc(Cl)cc2Cl)N2C(=O)c3c(Cl)c(Cl)c(Cl)c(Cl)c3C2=O)cc1. The lowest BCUT2D eigenvalue weighted by Crippen LogP contribution is -2.56. The minimum absolute atomic E-state index is 0.0737. The van der Waals surface area contributed by atoms with Crippen LogP contribution in [0.3, 0.4) is 0 Å². The van der Waals surface area contributed by atoms with Crippen LogP contribution in [0.15, 0.2) is 42.5 Å². The summed E-state index contributed by atoms with van der Waals surface area (Å²) >= 11 is 37.0. The second kappa shape index (κ2) is 10.9. The zero-order valence-corrected chi connectivity index (χ0v) is 23.9. The Labute approximate surface area is 246 Å². The number of carbonyl (C=O) groups is 4. The second-order valence-electron chi connectivity index (χ2n) is 7.97. The Morgan fingerprint density at radius 3 is 1.82 bits per heavy atom. The van der Waals surface area contributed by atoms with E-state index in [1.807, 2.05) is 0 Å². The van der Waals surface area contributed by atoms with Gasteiger partial charge in [0.25, 0.3) is 17.7 Å². The minimum Gasteiger partial charge on any atom is -0.497 e. The van der Waals surface area contributed by atoms with Crippen molar-refractivity contribution in [1.82, 2.24) is 10.0 Å². The summed E-state index contributed by atoms with van der Waals surface area (Å²) in [6, 6.07) is 8.66. The fraction of sp³-hybridized carbons (Fsp3) is 0.120. The molecule has 1 aliphatic rings. The highest BCUT2D eigenvalue weighted by Gasteiger charge is 2.48. The highest BCUT2D eigenvalue weighted by atomic mass is 35.5. The number of fused-ring (bicyclic) bond motifs is 1. The van der Waals surface area contributed by atoms with E-state index >= 15 is 0 Å².